The van der Waals surface area contributed by atoms with E-state index in [1.807, 2.05) is 42.5 Å². The lowest BCUT2D eigenvalue weighted by atomic mass is 9.96. The van der Waals surface area contributed by atoms with E-state index in [0.717, 1.165) is 28.6 Å². The first-order valence-corrected chi connectivity index (χ1v) is 8.29. The molecule has 5 heteroatoms. The number of rotatable bonds is 8. The van der Waals surface area contributed by atoms with Crippen molar-refractivity contribution in [3.8, 4) is 23.0 Å². The first-order valence-electron chi connectivity index (χ1n) is 8.29. The maximum absolute atomic E-state index is 5.90. The molecule has 0 fully saturated rings. The summed E-state index contributed by atoms with van der Waals surface area (Å²) in [5.41, 5.74) is 1.01. The molecular formula is C20H24O5. The molecule has 0 atom stereocenters. The summed E-state index contributed by atoms with van der Waals surface area (Å²) in [5, 5.41) is 0. The van der Waals surface area contributed by atoms with Crippen LogP contribution in [-0.4, -0.2) is 27.1 Å². The fraction of sp³-hybridized carbons (Fsp3) is 0.400. The molecule has 0 bridgehead atoms. The molecule has 0 saturated carbocycles. The van der Waals surface area contributed by atoms with E-state index in [1.165, 1.54) is 0 Å². The van der Waals surface area contributed by atoms with Gasteiger partial charge in [0.05, 0.1) is 26.9 Å². The lowest BCUT2D eigenvalue weighted by molar-refractivity contribution is 0.0258. The number of methoxy groups -OCH3 is 1. The average molecular weight is 344 g/mol. The molecule has 0 spiro atoms. The van der Waals surface area contributed by atoms with Crippen LogP contribution in [0.2, 0.25) is 0 Å². The average Bonchev–Trinajstić information content (AvgIpc) is 3.08. The molecule has 1 aliphatic heterocycles. The molecule has 3 rings (SSSR count). The van der Waals surface area contributed by atoms with Crippen molar-refractivity contribution in [3.05, 3.63) is 48.0 Å². The van der Waals surface area contributed by atoms with Gasteiger partial charge in [-0.25, -0.2) is 0 Å². The minimum atomic E-state index is -0.108. The highest BCUT2D eigenvalue weighted by Gasteiger charge is 2.20. The second kappa shape index (κ2) is 7.66. The van der Waals surface area contributed by atoms with Crippen LogP contribution in [0, 0.1) is 5.41 Å². The molecule has 5 nitrogen and oxygen atoms in total. The molecule has 0 radical (unpaired) electrons. The van der Waals surface area contributed by atoms with E-state index in [2.05, 4.69) is 13.8 Å². The fourth-order valence-electron chi connectivity index (χ4n) is 2.45. The monoisotopic (exact) mass is 344 g/mol. The Balaban J connectivity index is 1.45. The van der Waals surface area contributed by atoms with E-state index >= 15 is 0 Å². The van der Waals surface area contributed by atoms with E-state index in [0.29, 0.717) is 19.8 Å². The Morgan fingerprint density at radius 2 is 1.64 bits per heavy atom. The summed E-state index contributed by atoms with van der Waals surface area (Å²) in [6.45, 7) is 6.22. The molecule has 25 heavy (non-hydrogen) atoms. The molecule has 0 aliphatic carbocycles. The van der Waals surface area contributed by atoms with Crippen LogP contribution in [0.1, 0.15) is 19.4 Å². The third-order valence-corrected chi connectivity index (χ3v) is 3.89. The zero-order chi connectivity index (χ0) is 17.7. The van der Waals surface area contributed by atoms with Gasteiger partial charge in [-0.2, -0.15) is 0 Å². The minimum absolute atomic E-state index is 0.108. The molecule has 0 aromatic heterocycles. The number of fused-ring (bicyclic) bond motifs is 1. The Bertz CT molecular complexity index is 694. The van der Waals surface area contributed by atoms with Crippen LogP contribution in [0.25, 0.3) is 0 Å². The number of hydrogen-bond donors (Lipinski definition) is 0. The molecule has 1 heterocycles. The Kier molecular flexibility index (Phi) is 5.34. The summed E-state index contributed by atoms with van der Waals surface area (Å²) >= 11 is 0. The van der Waals surface area contributed by atoms with Gasteiger partial charge in [0, 0.05) is 11.5 Å². The van der Waals surface area contributed by atoms with Gasteiger partial charge in [0.15, 0.2) is 11.5 Å². The number of hydrogen-bond acceptors (Lipinski definition) is 5. The van der Waals surface area contributed by atoms with Crippen molar-refractivity contribution in [1.82, 2.24) is 0 Å². The molecule has 1 aliphatic rings. The Hall–Kier alpha value is -2.40. The topological polar surface area (TPSA) is 46.2 Å². The van der Waals surface area contributed by atoms with Gasteiger partial charge in [0.1, 0.15) is 11.5 Å². The van der Waals surface area contributed by atoms with E-state index in [4.69, 9.17) is 23.7 Å². The Labute approximate surface area is 148 Å². The van der Waals surface area contributed by atoms with Gasteiger partial charge in [0.2, 0.25) is 6.79 Å². The van der Waals surface area contributed by atoms with Gasteiger partial charge < -0.3 is 23.7 Å². The smallest absolute Gasteiger partial charge is 0.231 e. The van der Waals surface area contributed by atoms with Gasteiger partial charge in [-0.05, 0) is 29.8 Å². The second-order valence-corrected chi connectivity index (χ2v) is 6.81. The van der Waals surface area contributed by atoms with Gasteiger partial charge in [-0.1, -0.05) is 26.0 Å². The van der Waals surface area contributed by atoms with Crippen molar-refractivity contribution < 1.29 is 23.7 Å². The quantitative estimate of drug-likeness (QED) is 0.723. The van der Waals surface area contributed by atoms with Crippen molar-refractivity contribution in [1.29, 1.82) is 0 Å². The van der Waals surface area contributed by atoms with E-state index in [-0.39, 0.29) is 12.2 Å². The maximum atomic E-state index is 5.90. The third kappa shape index (κ3) is 4.79. The summed E-state index contributed by atoms with van der Waals surface area (Å²) in [4.78, 5) is 0. The van der Waals surface area contributed by atoms with Crippen molar-refractivity contribution >= 4 is 0 Å². The predicted molar refractivity (Wildman–Crippen MR) is 94.5 cm³/mol. The standard InChI is InChI=1S/C20H24O5/c1-20(2,12-22-11-15-4-6-16(21-3)7-5-15)13-23-17-8-9-18-19(10-17)25-14-24-18/h4-10H,11-14H2,1-3H3. The molecule has 0 N–H and O–H groups in total. The van der Waals surface area contributed by atoms with Crippen molar-refractivity contribution in [2.24, 2.45) is 5.41 Å². The molecule has 0 saturated heterocycles. The Morgan fingerprint density at radius 3 is 2.40 bits per heavy atom. The molecule has 0 unspecified atom stereocenters. The van der Waals surface area contributed by atoms with E-state index in [9.17, 15) is 0 Å². The number of ether oxygens (including phenoxy) is 5. The highest BCUT2D eigenvalue weighted by Crippen LogP contribution is 2.35. The van der Waals surface area contributed by atoms with Crippen LogP contribution in [0.15, 0.2) is 42.5 Å². The van der Waals surface area contributed by atoms with Crippen LogP contribution in [0.3, 0.4) is 0 Å². The lowest BCUT2D eigenvalue weighted by Gasteiger charge is -2.24. The first-order chi connectivity index (χ1) is 12.1. The molecule has 2 aromatic carbocycles. The van der Waals surface area contributed by atoms with E-state index < -0.39 is 0 Å². The zero-order valence-electron chi connectivity index (χ0n) is 14.9. The van der Waals surface area contributed by atoms with Gasteiger partial charge in [0.25, 0.3) is 0 Å². The van der Waals surface area contributed by atoms with Gasteiger partial charge >= 0.3 is 0 Å². The molecule has 0 amide bonds. The molecular weight excluding hydrogens is 320 g/mol. The SMILES string of the molecule is COc1ccc(COCC(C)(C)COc2ccc3c(c2)OCO3)cc1. The summed E-state index contributed by atoms with van der Waals surface area (Å²) in [6.07, 6.45) is 0. The Morgan fingerprint density at radius 1 is 0.920 bits per heavy atom. The largest absolute Gasteiger partial charge is 0.497 e. The minimum Gasteiger partial charge on any atom is -0.497 e. The lowest BCUT2D eigenvalue weighted by Crippen LogP contribution is -2.27. The second-order valence-electron chi connectivity index (χ2n) is 6.81. The normalized spacial score (nSPS) is 12.9. The van der Waals surface area contributed by atoms with Crippen molar-refractivity contribution in [2.45, 2.75) is 20.5 Å². The van der Waals surface area contributed by atoms with Gasteiger partial charge in [-0.3, -0.25) is 0 Å². The molecule has 2 aromatic rings. The van der Waals surface area contributed by atoms with Crippen LogP contribution in [0.5, 0.6) is 23.0 Å². The predicted octanol–water partition coefficient (Wildman–Crippen LogP) is 4.05. The summed E-state index contributed by atoms with van der Waals surface area (Å²) in [7, 11) is 1.66. The molecule has 134 valence electrons. The summed E-state index contributed by atoms with van der Waals surface area (Å²) in [5.74, 6) is 3.11. The van der Waals surface area contributed by atoms with Crippen molar-refractivity contribution in [3.63, 3.8) is 0 Å². The fourth-order valence-corrected chi connectivity index (χ4v) is 2.45. The van der Waals surface area contributed by atoms with Crippen LogP contribution in [-0.2, 0) is 11.3 Å². The third-order valence-electron chi connectivity index (χ3n) is 3.89. The highest BCUT2D eigenvalue weighted by atomic mass is 16.7. The highest BCUT2D eigenvalue weighted by molar-refractivity contribution is 5.46. The van der Waals surface area contributed by atoms with Crippen molar-refractivity contribution in [2.75, 3.05) is 27.1 Å². The van der Waals surface area contributed by atoms with Crippen LogP contribution in [0.4, 0.5) is 0 Å². The van der Waals surface area contributed by atoms with Crippen LogP contribution >= 0.6 is 0 Å². The summed E-state index contributed by atoms with van der Waals surface area (Å²) in [6, 6.07) is 13.5. The van der Waals surface area contributed by atoms with Crippen LogP contribution < -0.4 is 18.9 Å². The van der Waals surface area contributed by atoms with E-state index in [1.54, 1.807) is 7.11 Å². The number of benzene rings is 2. The maximum Gasteiger partial charge on any atom is 0.231 e. The summed E-state index contributed by atoms with van der Waals surface area (Å²) < 4.78 is 27.6. The zero-order valence-corrected chi connectivity index (χ0v) is 14.9. The van der Waals surface area contributed by atoms with Gasteiger partial charge in [-0.15, -0.1) is 0 Å². The first kappa shape index (κ1) is 17.4.